The van der Waals surface area contributed by atoms with Gasteiger partial charge in [-0.25, -0.2) is 0 Å². The molecule has 0 amide bonds. The number of hydrogen-bond acceptors (Lipinski definition) is 5. The minimum atomic E-state index is -0.782. The van der Waals surface area contributed by atoms with Crippen LogP contribution in [0.15, 0.2) is 0 Å². The molecule has 9 atom stereocenters. The second-order valence-corrected chi connectivity index (χ2v) is 21.1. The Balaban J connectivity index is 0.000000187. The van der Waals surface area contributed by atoms with Crippen LogP contribution in [0.25, 0.3) is 0 Å². The Bertz CT molecular complexity index is 658. The minimum absolute atomic E-state index is 0.205. The summed E-state index contributed by atoms with van der Waals surface area (Å²) in [6.45, 7) is 6.63. The molecule has 6 nitrogen and oxygen atoms in total. The summed E-state index contributed by atoms with van der Waals surface area (Å²) in [5.41, 5.74) is 0. The first-order valence-corrected chi connectivity index (χ1v) is 23.1. The monoisotopic (exact) mass is 656 g/mol. The fourth-order valence-corrected chi connectivity index (χ4v) is 19.2. The molecule has 5 rings (SSSR count). The van der Waals surface area contributed by atoms with Gasteiger partial charge in [0.05, 0.1) is 24.4 Å². The summed E-state index contributed by atoms with van der Waals surface area (Å²) in [4.78, 5) is 0. The van der Waals surface area contributed by atoms with Gasteiger partial charge in [0.2, 0.25) is 0 Å². The standard InChI is InChI=1S/C14H28N2O2P2S2.C8H14Cl2O2P2/c1-3-9-15-19-11-12-20(16(10-4-2)22(15)21)18-14-8-6-5-7-13(14)17-19;9-13-5-6-14(10)12-8-4-2-1-3-7(8)11-13/h13-14H,3-12H2,1-2H3;7-8H,1-6H2/t13-,14+,19?,20?,22?;7-,8+,13?,14?. The first-order valence-electron chi connectivity index (χ1n) is 13.6. The van der Waals surface area contributed by atoms with Crippen molar-refractivity contribution in [3.63, 3.8) is 0 Å². The molecule has 0 aromatic heterocycles. The van der Waals surface area contributed by atoms with Crippen LogP contribution in [0.5, 0.6) is 0 Å². The van der Waals surface area contributed by atoms with Crippen LogP contribution in [0, 0.1) is 0 Å². The number of hydrogen-bond donors (Lipinski definition) is 0. The Hall–Kier alpha value is 2.63. The maximum Gasteiger partial charge on any atom is 0.125 e. The molecule has 0 aromatic carbocycles. The Morgan fingerprint density at radius 2 is 1.03 bits per heavy atom. The van der Waals surface area contributed by atoms with Crippen molar-refractivity contribution >= 4 is 75.1 Å². The summed E-state index contributed by atoms with van der Waals surface area (Å²) in [5.74, 6) is 0. The second-order valence-electron chi connectivity index (χ2n) is 9.76. The van der Waals surface area contributed by atoms with E-state index in [1.165, 1.54) is 38.5 Å². The maximum absolute atomic E-state index is 6.61. The van der Waals surface area contributed by atoms with Gasteiger partial charge in [0.25, 0.3) is 0 Å². The van der Waals surface area contributed by atoms with E-state index in [0.717, 1.165) is 63.4 Å². The molecular formula is C22H42Cl2N2O4P4S2. The van der Waals surface area contributed by atoms with E-state index in [9.17, 15) is 0 Å². The predicted molar refractivity (Wildman–Crippen MR) is 164 cm³/mol. The van der Waals surface area contributed by atoms with Crippen LogP contribution in [0.4, 0.5) is 0 Å². The van der Waals surface area contributed by atoms with E-state index < -0.39 is 31.6 Å². The molecule has 5 fully saturated rings. The third-order valence-corrected chi connectivity index (χ3v) is 19.8. The molecule has 0 radical (unpaired) electrons. The summed E-state index contributed by atoms with van der Waals surface area (Å²) < 4.78 is 29.9. The average molecular weight is 658 g/mol. The molecule has 2 saturated carbocycles. The lowest BCUT2D eigenvalue weighted by molar-refractivity contribution is 0.0315. The van der Waals surface area contributed by atoms with Crippen LogP contribution < -0.4 is 0 Å². The van der Waals surface area contributed by atoms with E-state index >= 15 is 0 Å². The van der Waals surface area contributed by atoms with Gasteiger partial charge >= 0.3 is 0 Å². The molecule has 5 unspecified atom stereocenters. The van der Waals surface area contributed by atoms with E-state index in [1.807, 2.05) is 0 Å². The van der Waals surface area contributed by atoms with Crippen molar-refractivity contribution in [1.29, 1.82) is 0 Å². The van der Waals surface area contributed by atoms with Crippen molar-refractivity contribution in [3.05, 3.63) is 0 Å². The summed E-state index contributed by atoms with van der Waals surface area (Å²) in [6.07, 6.45) is 16.9. The first kappa shape index (κ1) is 31.6. The molecule has 210 valence electrons. The molecule has 36 heavy (non-hydrogen) atoms. The zero-order valence-electron chi connectivity index (χ0n) is 21.5. The Kier molecular flexibility index (Phi) is 14.3. The maximum atomic E-state index is 6.61. The van der Waals surface area contributed by atoms with E-state index in [2.05, 4.69) is 22.0 Å². The van der Waals surface area contributed by atoms with Crippen molar-refractivity contribution in [1.82, 2.24) is 8.15 Å². The normalized spacial score (nSPS) is 42.4. The quantitative estimate of drug-likeness (QED) is 0.280. The molecule has 3 heterocycles. The third kappa shape index (κ3) is 8.82. The molecule has 0 spiro atoms. The van der Waals surface area contributed by atoms with Gasteiger partial charge in [-0.2, -0.15) is 8.15 Å². The van der Waals surface area contributed by atoms with Gasteiger partial charge in [-0.1, -0.05) is 62.0 Å². The van der Waals surface area contributed by atoms with Crippen LogP contribution in [0.1, 0.15) is 78.1 Å². The highest BCUT2D eigenvalue weighted by Crippen LogP contribution is 2.60. The molecule has 14 heteroatoms. The van der Waals surface area contributed by atoms with E-state index in [-0.39, 0.29) is 22.0 Å². The largest absolute Gasteiger partial charge is 0.337 e. The zero-order chi connectivity index (χ0) is 25.5. The van der Waals surface area contributed by atoms with E-state index in [0.29, 0.717) is 12.2 Å². The molecule has 2 bridgehead atoms. The van der Waals surface area contributed by atoms with Gasteiger partial charge in [-0.3, -0.25) is 0 Å². The average Bonchev–Trinajstić information content (AvgIpc) is 2.94. The van der Waals surface area contributed by atoms with Gasteiger partial charge in [-0.05, 0) is 49.7 Å². The van der Waals surface area contributed by atoms with Crippen LogP contribution in [0.3, 0.4) is 0 Å². The fraction of sp³-hybridized carbons (Fsp3) is 1.00. The Morgan fingerprint density at radius 3 is 1.39 bits per heavy atom. The summed E-state index contributed by atoms with van der Waals surface area (Å²) in [6, 6.07) is 0. The van der Waals surface area contributed by atoms with Crippen LogP contribution in [-0.4, -0.2) is 70.3 Å². The van der Waals surface area contributed by atoms with Crippen molar-refractivity contribution in [2.75, 3.05) is 37.7 Å². The van der Waals surface area contributed by atoms with Gasteiger partial charge in [0.1, 0.15) is 31.6 Å². The lowest BCUT2D eigenvalue weighted by Gasteiger charge is -2.38. The van der Waals surface area contributed by atoms with Gasteiger partial charge in [0.15, 0.2) is 0 Å². The fourth-order valence-electron chi connectivity index (χ4n) is 5.11. The molecule has 0 aromatic rings. The zero-order valence-corrected chi connectivity index (χ0v) is 28.2. The number of rotatable bonds is 4. The highest BCUT2D eigenvalue weighted by molar-refractivity contribution is 8.29. The van der Waals surface area contributed by atoms with Crippen molar-refractivity contribution < 1.29 is 18.1 Å². The topological polar surface area (TPSA) is 43.4 Å². The number of fused-ring (bicyclic) bond motifs is 5. The molecule has 5 aliphatic rings. The molecular weight excluding hydrogens is 615 g/mol. The third-order valence-electron chi connectivity index (χ3n) is 6.92. The predicted octanol–water partition coefficient (Wildman–Crippen LogP) is 8.76. The van der Waals surface area contributed by atoms with Crippen molar-refractivity contribution in [2.24, 2.45) is 0 Å². The van der Waals surface area contributed by atoms with Crippen LogP contribution in [0.2, 0.25) is 0 Å². The first-order chi connectivity index (χ1) is 17.5. The van der Waals surface area contributed by atoms with Crippen molar-refractivity contribution in [2.45, 2.75) is 102 Å². The summed E-state index contributed by atoms with van der Waals surface area (Å²) in [5, 5.41) is 0. The van der Waals surface area contributed by atoms with E-state index in [1.54, 1.807) is 0 Å². The Labute approximate surface area is 240 Å². The van der Waals surface area contributed by atoms with Crippen LogP contribution >= 0.6 is 54.1 Å². The summed E-state index contributed by atoms with van der Waals surface area (Å²) in [7, 11) is -2.88. The molecule has 3 saturated heterocycles. The highest BCUT2D eigenvalue weighted by Gasteiger charge is 2.43. The Morgan fingerprint density at radius 1 is 0.667 bits per heavy atom. The highest BCUT2D eigenvalue weighted by atomic mass is 35.7. The van der Waals surface area contributed by atoms with Gasteiger partial charge < -0.3 is 18.1 Å². The SMILES string of the molecule is CCCN1P2CCP(O[C@@H]3CCCC[C@@H]3O2)N(CCC)S1=S.ClP1CCP(Cl)O[C@@H]2CCCC[C@@H]2O1. The van der Waals surface area contributed by atoms with Crippen LogP contribution in [-0.2, 0) is 39.1 Å². The number of nitrogens with zero attached hydrogens (tertiary/aromatic N) is 2. The van der Waals surface area contributed by atoms with Crippen molar-refractivity contribution in [3.8, 4) is 0 Å². The van der Waals surface area contributed by atoms with Gasteiger partial charge in [-0.15, -0.1) is 0 Å². The number of halogens is 2. The van der Waals surface area contributed by atoms with E-state index in [4.69, 9.17) is 51.8 Å². The van der Waals surface area contributed by atoms with Gasteiger partial charge in [0, 0.05) is 47.6 Å². The minimum Gasteiger partial charge on any atom is -0.337 e. The smallest absolute Gasteiger partial charge is 0.125 e. The lowest BCUT2D eigenvalue weighted by atomic mass is 9.95. The summed E-state index contributed by atoms with van der Waals surface area (Å²) >= 11 is 18.2. The second kappa shape index (κ2) is 16.3. The molecule has 3 aliphatic heterocycles. The molecule has 2 aliphatic carbocycles. The molecule has 0 N–H and O–H groups in total. The lowest BCUT2D eigenvalue weighted by Crippen LogP contribution is -2.35.